The number of hydrogen-bond acceptors (Lipinski definition) is 3. The van der Waals surface area contributed by atoms with Gasteiger partial charge < -0.3 is 15.2 Å². The minimum atomic E-state index is -1.34. The summed E-state index contributed by atoms with van der Waals surface area (Å²) < 4.78 is 44.4. The Kier molecular flexibility index (Phi) is 6.21. The number of hydrogen-bond donors (Lipinski definition) is 2. The number of carboxylic acids is 1. The number of aliphatic carboxylic acids is 1. The molecule has 1 aromatic carbocycles. The molecule has 0 aliphatic heterocycles. The lowest BCUT2D eigenvalue weighted by Gasteiger charge is -2.18. The molecular weight excluding hydrogens is 303 g/mol. The second-order valence-electron chi connectivity index (χ2n) is 4.96. The highest BCUT2D eigenvalue weighted by molar-refractivity contribution is 5.71. The Balaban J connectivity index is 2.87. The van der Waals surface area contributed by atoms with E-state index in [0.717, 1.165) is 0 Å². The molecule has 0 saturated carbocycles. The van der Waals surface area contributed by atoms with E-state index in [4.69, 9.17) is 9.84 Å². The Labute approximate surface area is 125 Å². The van der Waals surface area contributed by atoms with E-state index in [2.05, 4.69) is 5.32 Å². The zero-order valence-electron chi connectivity index (χ0n) is 12.0. The fourth-order valence-corrected chi connectivity index (χ4v) is 1.79. The molecule has 0 fully saturated rings. The van der Waals surface area contributed by atoms with Gasteiger partial charge in [-0.2, -0.15) is 0 Å². The van der Waals surface area contributed by atoms with Gasteiger partial charge in [-0.15, -0.1) is 0 Å². The first-order valence-electron chi connectivity index (χ1n) is 6.51. The van der Waals surface area contributed by atoms with Crippen LogP contribution >= 0.6 is 0 Å². The standard InChI is InChI=1S/C14H16F3NO4/c1-7(2)22-14(21)18-9(5-13(19)20)3-8-4-11(16)12(17)6-10(8)15/h4,6-7,9H,3,5H2,1-2H3,(H,18,21)(H,19,20)/t9-/m1/s1. The summed E-state index contributed by atoms with van der Waals surface area (Å²) in [6.45, 7) is 3.20. The third kappa shape index (κ3) is 5.63. The van der Waals surface area contributed by atoms with Crippen LogP contribution in [0.4, 0.5) is 18.0 Å². The number of benzene rings is 1. The quantitative estimate of drug-likeness (QED) is 0.790. The minimum Gasteiger partial charge on any atom is -0.481 e. The molecule has 1 amide bonds. The number of carbonyl (C=O) groups is 2. The summed E-state index contributed by atoms with van der Waals surface area (Å²) in [5.41, 5.74) is -0.241. The molecule has 5 nitrogen and oxygen atoms in total. The molecule has 0 heterocycles. The molecule has 1 rings (SSSR count). The van der Waals surface area contributed by atoms with Gasteiger partial charge in [-0.1, -0.05) is 0 Å². The summed E-state index contributed by atoms with van der Waals surface area (Å²) in [5, 5.41) is 11.1. The monoisotopic (exact) mass is 319 g/mol. The molecule has 0 aromatic heterocycles. The van der Waals surface area contributed by atoms with Crippen LogP contribution in [0.1, 0.15) is 25.8 Å². The van der Waals surface area contributed by atoms with Crippen molar-refractivity contribution >= 4 is 12.1 Å². The van der Waals surface area contributed by atoms with Gasteiger partial charge in [-0.05, 0) is 31.9 Å². The maximum Gasteiger partial charge on any atom is 0.407 e. The highest BCUT2D eigenvalue weighted by atomic mass is 19.2. The van der Waals surface area contributed by atoms with Gasteiger partial charge >= 0.3 is 12.1 Å². The Hall–Kier alpha value is -2.25. The predicted octanol–water partition coefficient (Wildman–Crippen LogP) is 2.62. The van der Waals surface area contributed by atoms with Crippen LogP contribution in [0.25, 0.3) is 0 Å². The molecule has 0 unspecified atom stereocenters. The van der Waals surface area contributed by atoms with Gasteiger partial charge in [0, 0.05) is 12.1 Å². The van der Waals surface area contributed by atoms with Crippen LogP contribution in [0.3, 0.4) is 0 Å². The van der Waals surface area contributed by atoms with Gasteiger partial charge in [0.1, 0.15) is 5.82 Å². The van der Waals surface area contributed by atoms with Crippen molar-refractivity contribution in [2.75, 3.05) is 0 Å². The highest BCUT2D eigenvalue weighted by Gasteiger charge is 2.21. The van der Waals surface area contributed by atoms with Gasteiger partial charge in [0.05, 0.1) is 12.5 Å². The zero-order valence-corrected chi connectivity index (χ0v) is 12.0. The molecule has 0 aliphatic carbocycles. The molecule has 1 atom stereocenters. The minimum absolute atomic E-state index is 0.241. The molecule has 8 heteroatoms. The first-order valence-corrected chi connectivity index (χ1v) is 6.51. The molecule has 0 radical (unpaired) electrons. The summed E-state index contributed by atoms with van der Waals surface area (Å²) in [6, 6.07) is -0.0210. The summed E-state index contributed by atoms with van der Waals surface area (Å²) in [6.07, 6.45) is -2.14. The van der Waals surface area contributed by atoms with Crippen molar-refractivity contribution in [3.05, 3.63) is 35.1 Å². The lowest BCUT2D eigenvalue weighted by Crippen LogP contribution is -2.39. The number of amides is 1. The lowest BCUT2D eigenvalue weighted by atomic mass is 10.0. The van der Waals surface area contributed by atoms with Crippen LogP contribution in [0, 0.1) is 17.5 Å². The summed E-state index contributed by atoms with van der Waals surface area (Å²) in [5.74, 6) is -4.86. The lowest BCUT2D eigenvalue weighted by molar-refractivity contribution is -0.137. The number of alkyl carbamates (subject to hydrolysis) is 1. The number of rotatable bonds is 6. The Morgan fingerprint density at radius 2 is 1.77 bits per heavy atom. The second kappa shape index (κ2) is 7.67. The van der Waals surface area contributed by atoms with Crippen molar-refractivity contribution in [3.63, 3.8) is 0 Å². The van der Waals surface area contributed by atoms with Gasteiger partial charge in [0.15, 0.2) is 11.6 Å². The number of ether oxygens (including phenoxy) is 1. The van der Waals surface area contributed by atoms with Crippen molar-refractivity contribution in [2.24, 2.45) is 0 Å². The van der Waals surface area contributed by atoms with Crippen molar-refractivity contribution in [1.82, 2.24) is 5.32 Å². The van der Waals surface area contributed by atoms with E-state index >= 15 is 0 Å². The molecule has 22 heavy (non-hydrogen) atoms. The summed E-state index contributed by atoms with van der Waals surface area (Å²) in [4.78, 5) is 22.3. The number of halogens is 3. The van der Waals surface area contributed by atoms with Crippen molar-refractivity contribution in [1.29, 1.82) is 0 Å². The van der Waals surface area contributed by atoms with E-state index in [9.17, 15) is 22.8 Å². The van der Waals surface area contributed by atoms with Crippen LogP contribution in [-0.2, 0) is 16.0 Å². The third-order valence-electron chi connectivity index (χ3n) is 2.64. The molecule has 122 valence electrons. The van der Waals surface area contributed by atoms with Crippen LogP contribution < -0.4 is 5.32 Å². The van der Waals surface area contributed by atoms with E-state index in [-0.39, 0.29) is 12.0 Å². The fraction of sp³-hybridized carbons (Fsp3) is 0.429. The van der Waals surface area contributed by atoms with Crippen LogP contribution in [0.5, 0.6) is 0 Å². The topological polar surface area (TPSA) is 75.6 Å². The third-order valence-corrected chi connectivity index (χ3v) is 2.64. The normalized spacial score (nSPS) is 12.1. The molecule has 0 bridgehead atoms. The molecule has 1 aromatic rings. The van der Waals surface area contributed by atoms with E-state index in [1.54, 1.807) is 13.8 Å². The number of nitrogens with one attached hydrogen (secondary N) is 1. The van der Waals surface area contributed by atoms with E-state index in [1.807, 2.05) is 0 Å². The average molecular weight is 319 g/mol. The first-order chi connectivity index (χ1) is 10.2. The molecule has 2 N–H and O–H groups in total. The van der Waals surface area contributed by atoms with Crippen molar-refractivity contribution < 1.29 is 32.6 Å². The summed E-state index contributed by atoms with van der Waals surface area (Å²) >= 11 is 0. The second-order valence-corrected chi connectivity index (χ2v) is 4.96. The van der Waals surface area contributed by atoms with Gasteiger partial charge in [0.2, 0.25) is 0 Å². The molecular formula is C14H16F3NO4. The van der Waals surface area contributed by atoms with Gasteiger partial charge in [0.25, 0.3) is 0 Å². The van der Waals surface area contributed by atoms with Gasteiger partial charge in [-0.25, -0.2) is 18.0 Å². The largest absolute Gasteiger partial charge is 0.481 e. The fourth-order valence-electron chi connectivity index (χ4n) is 1.79. The van der Waals surface area contributed by atoms with Crippen LogP contribution in [0.2, 0.25) is 0 Å². The van der Waals surface area contributed by atoms with E-state index in [1.165, 1.54) is 0 Å². The number of carbonyl (C=O) groups excluding carboxylic acids is 1. The smallest absolute Gasteiger partial charge is 0.407 e. The maximum atomic E-state index is 13.6. The molecule has 0 saturated heterocycles. The average Bonchev–Trinajstić information content (AvgIpc) is 2.33. The predicted molar refractivity (Wildman–Crippen MR) is 70.8 cm³/mol. The Morgan fingerprint density at radius 1 is 1.18 bits per heavy atom. The SMILES string of the molecule is CC(C)OC(=O)N[C@@H](CC(=O)O)Cc1cc(F)c(F)cc1F. The van der Waals surface area contributed by atoms with Crippen LogP contribution in [0.15, 0.2) is 12.1 Å². The maximum absolute atomic E-state index is 13.6. The van der Waals surface area contributed by atoms with Gasteiger partial charge in [-0.3, -0.25) is 4.79 Å². The Morgan fingerprint density at radius 3 is 2.32 bits per heavy atom. The van der Waals surface area contributed by atoms with E-state index in [0.29, 0.717) is 12.1 Å². The van der Waals surface area contributed by atoms with Crippen LogP contribution in [-0.4, -0.2) is 29.3 Å². The number of carboxylic acid groups (broad SMARTS) is 1. The summed E-state index contributed by atoms with van der Waals surface area (Å²) in [7, 11) is 0. The highest BCUT2D eigenvalue weighted by Crippen LogP contribution is 2.16. The van der Waals surface area contributed by atoms with Crippen molar-refractivity contribution in [2.45, 2.75) is 38.8 Å². The zero-order chi connectivity index (χ0) is 16.9. The first kappa shape index (κ1) is 17.8. The Bertz CT molecular complexity index is 563. The van der Waals surface area contributed by atoms with E-state index < -0.39 is 48.1 Å². The molecule has 0 aliphatic rings. The molecule has 0 spiro atoms. The van der Waals surface area contributed by atoms with Crippen molar-refractivity contribution in [3.8, 4) is 0 Å².